The van der Waals surface area contributed by atoms with E-state index in [2.05, 4.69) is 136 Å². The predicted molar refractivity (Wildman–Crippen MR) is 134 cm³/mol. The number of carbonyl (C=O) groups is 1. The molecule has 34 heavy (non-hydrogen) atoms. The van der Waals surface area contributed by atoms with Gasteiger partial charge in [-0.05, 0) is 90.8 Å². The topological polar surface area (TPSA) is 26.3 Å². The van der Waals surface area contributed by atoms with E-state index in [9.17, 15) is 4.79 Å². The maximum absolute atomic E-state index is 11.9. The van der Waals surface area contributed by atoms with Crippen molar-refractivity contribution in [3.05, 3.63) is 0 Å². The minimum Gasteiger partial charge on any atom is -0.371 e. The zero-order valence-corrected chi connectivity index (χ0v) is 19.0. The average Bonchev–Trinajstić information content (AvgIpc) is 2.84. The van der Waals surface area contributed by atoms with E-state index in [0.29, 0.717) is 6.42 Å². The summed E-state index contributed by atoms with van der Waals surface area (Å²) in [4.78, 5) is 11.9. The van der Waals surface area contributed by atoms with Crippen molar-refractivity contribution < 1.29 is 9.53 Å². The molecule has 2 atom stereocenters. The third-order valence-electron chi connectivity index (χ3n) is 3.22. The normalized spacial score (nSPS) is 7.71. The number of hydrogen-bond acceptors (Lipinski definition) is 2. The number of hydrogen-bond donors (Lipinski definition) is 0. The average molecular weight is 432 g/mol. The van der Waals surface area contributed by atoms with Crippen molar-refractivity contribution in [1.82, 2.24) is 0 Å². The molecule has 0 aromatic heterocycles. The molecule has 0 bridgehead atoms. The molecular formula is C32H16O2. The van der Waals surface area contributed by atoms with Crippen LogP contribution in [0.5, 0.6) is 0 Å². The molecule has 0 aliphatic rings. The number of esters is 1. The summed E-state index contributed by atoms with van der Waals surface area (Å²) in [5, 5.41) is 0. The van der Waals surface area contributed by atoms with E-state index in [-0.39, 0.29) is 11.8 Å². The molecule has 0 aromatic rings. The SMILES string of the molecule is C#CC#CC#CC#CC#CC#CC#CC#CC#COC(=O)C(C)CCC(C)C#CC#CC#CC. The molecular weight excluding hydrogens is 416 g/mol. The molecule has 2 unspecified atom stereocenters. The Morgan fingerprint density at radius 3 is 1.59 bits per heavy atom. The molecule has 2 heteroatoms. The molecule has 0 rings (SSSR count). The van der Waals surface area contributed by atoms with E-state index < -0.39 is 5.97 Å². The fourth-order valence-electron chi connectivity index (χ4n) is 1.62. The molecule has 0 N–H and O–H groups in total. The Balaban J connectivity index is 4.41. The minimum atomic E-state index is -0.419. The van der Waals surface area contributed by atoms with Crippen molar-refractivity contribution in [2.75, 3.05) is 0 Å². The summed E-state index contributed by atoms with van der Waals surface area (Å²) in [5.74, 6) is 54.6. The molecule has 0 amide bonds. The van der Waals surface area contributed by atoms with E-state index >= 15 is 0 Å². The van der Waals surface area contributed by atoms with Gasteiger partial charge in [-0.2, -0.15) is 0 Å². The second kappa shape index (κ2) is 21.9. The van der Waals surface area contributed by atoms with Gasteiger partial charge < -0.3 is 4.74 Å². The Hall–Kier alpha value is -5.81. The molecule has 0 aromatic carbocycles. The standard InChI is InChI=1S/C32H16O2/c1-5-7-9-11-12-13-14-15-16-17-18-19-20-21-23-25-29-34-32(33)31(4)28-27-30(3)26-24-22-10-8-6-2/h1,30-31H,27-28H2,2-4H3. The molecule has 0 aliphatic heterocycles. The summed E-state index contributed by atoms with van der Waals surface area (Å²) in [6, 6.07) is 0. The third kappa shape index (κ3) is 19.5. The largest absolute Gasteiger partial charge is 0.371 e. The zero-order chi connectivity index (χ0) is 25.1. The smallest absolute Gasteiger partial charge is 0.322 e. The lowest BCUT2D eigenvalue weighted by Gasteiger charge is -2.08. The first-order chi connectivity index (χ1) is 16.6. The van der Waals surface area contributed by atoms with E-state index in [1.807, 2.05) is 6.92 Å². The van der Waals surface area contributed by atoms with Crippen molar-refractivity contribution in [1.29, 1.82) is 0 Å². The van der Waals surface area contributed by atoms with Gasteiger partial charge in [-0.25, -0.2) is 0 Å². The van der Waals surface area contributed by atoms with Crippen molar-refractivity contribution >= 4 is 5.97 Å². The maximum Gasteiger partial charge on any atom is 0.322 e. The van der Waals surface area contributed by atoms with Crippen LogP contribution in [0.15, 0.2) is 0 Å². The molecule has 156 valence electrons. The molecule has 0 saturated carbocycles. The van der Waals surface area contributed by atoms with Gasteiger partial charge in [0.05, 0.1) is 5.92 Å². The number of ether oxygens (including phenoxy) is 1. The summed E-state index contributed by atoms with van der Waals surface area (Å²) in [6.07, 6.45) is 8.54. The maximum atomic E-state index is 11.9. The minimum absolute atomic E-state index is 0.107. The van der Waals surface area contributed by atoms with Gasteiger partial charge in [0.1, 0.15) is 6.11 Å². The van der Waals surface area contributed by atoms with Gasteiger partial charge in [-0.15, -0.1) is 6.42 Å². The van der Waals surface area contributed by atoms with Crippen LogP contribution in [0.4, 0.5) is 0 Å². The van der Waals surface area contributed by atoms with Crippen LogP contribution in [0.3, 0.4) is 0 Å². The molecule has 2 nitrogen and oxygen atoms in total. The zero-order valence-electron chi connectivity index (χ0n) is 19.0. The van der Waals surface area contributed by atoms with Gasteiger partial charge in [0.2, 0.25) is 0 Å². The second-order valence-corrected chi connectivity index (χ2v) is 5.82. The number of rotatable bonds is 4. The Labute approximate surface area is 203 Å². The van der Waals surface area contributed by atoms with Crippen LogP contribution in [-0.4, -0.2) is 5.97 Å². The Bertz CT molecular complexity index is 1500. The fraction of sp³-hybridized carbons (Fsp3) is 0.219. The van der Waals surface area contributed by atoms with Gasteiger partial charge >= 0.3 is 5.97 Å². The lowest BCUT2D eigenvalue weighted by atomic mass is 9.98. The fourth-order valence-corrected chi connectivity index (χ4v) is 1.62. The van der Waals surface area contributed by atoms with Crippen LogP contribution < -0.4 is 0 Å². The highest BCUT2D eigenvalue weighted by Gasteiger charge is 2.14. The van der Waals surface area contributed by atoms with Gasteiger partial charge in [-0.1, -0.05) is 25.7 Å². The summed E-state index contributed by atoms with van der Waals surface area (Å²) < 4.78 is 4.87. The number of terminal acetylenes is 1. The van der Waals surface area contributed by atoms with Crippen LogP contribution in [0.25, 0.3) is 0 Å². The van der Waals surface area contributed by atoms with Crippen LogP contribution in [-0.2, 0) is 9.53 Å². The summed E-state index contributed by atoms with van der Waals surface area (Å²) in [6.45, 7) is 5.45. The highest BCUT2D eigenvalue weighted by molar-refractivity contribution is 5.73. The van der Waals surface area contributed by atoms with E-state index in [1.54, 1.807) is 13.8 Å². The summed E-state index contributed by atoms with van der Waals surface area (Å²) >= 11 is 0. The van der Waals surface area contributed by atoms with Gasteiger partial charge in [0, 0.05) is 53.3 Å². The first kappa shape index (κ1) is 28.2. The summed E-state index contributed by atoms with van der Waals surface area (Å²) in [5.41, 5.74) is 0. The van der Waals surface area contributed by atoms with E-state index in [0.717, 1.165) is 6.42 Å². The first-order valence-corrected chi connectivity index (χ1v) is 9.70. The predicted octanol–water partition coefficient (Wildman–Crippen LogP) is 2.23. The van der Waals surface area contributed by atoms with Gasteiger partial charge in [0.25, 0.3) is 0 Å². The highest BCUT2D eigenvalue weighted by Crippen LogP contribution is 2.13. The Morgan fingerprint density at radius 2 is 1.09 bits per heavy atom. The van der Waals surface area contributed by atoms with Gasteiger partial charge in [-0.3, -0.25) is 4.79 Å². The van der Waals surface area contributed by atoms with Crippen molar-refractivity contribution in [3.8, 4) is 143 Å². The van der Waals surface area contributed by atoms with Crippen LogP contribution in [0.1, 0.15) is 33.6 Å². The Kier molecular flexibility index (Phi) is 18.1. The van der Waals surface area contributed by atoms with Crippen LogP contribution >= 0.6 is 0 Å². The van der Waals surface area contributed by atoms with Crippen molar-refractivity contribution in [3.63, 3.8) is 0 Å². The monoisotopic (exact) mass is 432 g/mol. The molecule has 0 heterocycles. The third-order valence-corrected chi connectivity index (χ3v) is 3.22. The lowest BCUT2D eigenvalue weighted by molar-refractivity contribution is -0.141. The molecule has 0 radical (unpaired) electrons. The van der Waals surface area contributed by atoms with Gasteiger partial charge in [0.15, 0.2) is 0 Å². The molecule has 0 fully saturated rings. The molecule has 0 aliphatic carbocycles. The van der Waals surface area contributed by atoms with E-state index in [4.69, 9.17) is 11.2 Å². The number of carbonyl (C=O) groups excluding carboxylic acids is 1. The Morgan fingerprint density at radius 1 is 0.647 bits per heavy atom. The van der Waals surface area contributed by atoms with Crippen LogP contribution in [0, 0.1) is 155 Å². The lowest BCUT2D eigenvalue weighted by Crippen LogP contribution is -2.13. The van der Waals surface area contributed by atoms with Crippen molar-refractivity contribution in [2.45, 2.75) is 33.6 Å². The second-order valence-electron chi connectivity index (χ2n) is 5.82. The van der Waals surface area contributed by atoms with Crippen LogP contribution in [0.2, 0.25) is 0 Å². The van der Waals surface area contributed by atoms with Crippen molar-refractivity contribution in [2.24, 2.45) is 11.8 Å². The van der Waals surface area contributed by atoms with E-state index in [1.165, 1.54) is 0 Å². The summed E-state index contributed by atoms with van der Waals surface area (Å²) in [7, 11) is 0. The first-order valence-electron chi connectivity index (χ1n) is 9.70. The quantitative estimate of drug-likeness (QED) is 0.503. The highest BCUT2D eigenvalue weighted by atomic mass is 16.5. The molecule has 0 saturated heterocycles. The molecule has 0 spiro atoms.